The van der Waals surface area contributed by atoms with Crippen LogP contribution in [0.15, 0.2) is 22.7 Å². The standard InChI is InChI=1S/C12H11BrFNO3S/c13-9-2-1-7(14)5-8(9)10(16)15-12(11(17)18)3-4-19-6-12/h1-2,5H,3-4,6H2,(H,15,16)(H,17,18)/t12-/m1/s1. The third kappa shape index (κ3) is 2.92. The minimum atomic E-state index is -1.26. The zero-order chi connectivity index (χ0) is 14.0. The molecule has 0 aliphatic carbocycles. The second-order valence-corrected chi connectivity index (χ2v) is 6.23. The van der Waals surface area contributed by atoms with Gasteiger partial charge in [0, 0.05) is 10.2 Å². The summed E-state index contributed by atoms with van der Waals surface area (Å²) >= 11 is 4.63. The van der Waals surface area contributed by atoms with E-state index in [-0.39, 0.29) is 5.56 Å². The highest BCUT2D eigenvalue weighted by Crippen LogP contribution is 2.29. The zero-order valence-corrected chi connectivity index (χ0v) is 12.2. The van der Waals surface area contributed by atoms with Gasteiger partial charge in [0.2, 0.25) is 0 Å². The molecule has 1 heterocycles. The number of aliphatic carboxylic acids is 1. The van der Waals surface area contributed by atoms with E-state index in [4.69, 9.17) is 0 Å². The molecule has 2 rings (SSSR count). The molecule has 1 fully saturated rings. The predicted octanol–water partition coefficient (Wildman–Crippen LogP) is 2.28. The van der Waals surface area contributed by atoms with Crippen molar-refractivity contribution in [3.05, 3.63) is 34.1 Å². The van der Waals surface area contributed by atoms with Gasteiger partial charge in [-0.2, -0.15) is 11.8 Å². The molecule has 1 saturated heterocycles. The number of carbonyl (C=O) groups excluding carboxylic acids is 1. The number of halogens is 2. The van der Waals surface area contributed by atoms with Crippen LogP contribution in [0.25, 0.3) is 0 Å². The Morgan fingerprint density at radius 2 is 2.21 bits per heavy atom. The lowest BCUT2D eigenvalue weighted by molar-refractivity contribution is -0.143. The molecule has 0 saturated carbocycles. The van der Waals surface area contributed by atoms with Gasteiger partial charge in [0.25, 0.3) is 5.91 Å². The molecule has 0 spiro atoms. The Bertz CT molecular complexity index is 532. The Morgan fingerprint density at radius 1 is 1.47 bits per heavy atom. The highest BCUT2D eigenvalue weighted by atomic mass is 79.9. The topological polar surface area (TPSA) is 66.4 Å². The summed E-state index contributed by atoms with van der Waals surface area (Å²) in [6.45, 7) is 0. The second kappa shape index (κ2) is 5.50. The van der Waals surface area contributed by atoms with E-state index in [1.807, 2.05) is 0 Å². The van der Waals surface area contributed by atoms with Crippen LogP contribution >= 0.6 is 27.7 Å². The number of hydrogen-bond acceptors (Lipinski definition) is 3. The molecule has 0 aromatic heterocycles. The van der Waals surface area contributed by atoms with Crippen LogP contribution in [-0.2, 0) is 4.79 Å². The fourth-order valence-electron chi connectivity index (χ4n) is 1.84. The van der Waals surface area contributed by atoms with Crippen molar-refractivity contribution in [2.75, 3.05) is 11.5 Å². The Labute approximate surface area is 121 Å². The van der Waals surface area contributed by atoms with Crippen molar-refractivity contribution in [3.63, 3.8) is 0 Å². The van der Waals surface area contributed by atoms with E-state index in [0.717, 1.165) is 6.07 Å². The van der Waals surface area contributed by atoms with Crippen LogP contribution in [-0.4, -0.2) is 34.0 Å². The van der Waals surface area contributed by atoms with Gasteiger partial charge in [-0.05, 0) is 46.3 Å². The van der Waals surface area contributed by atoms with Gasteiger partial charge in [-0.1, -0.05) is 0 Å². The highest BCUT2D eigenvalue weighted by molar-refractivity contribution is 9.10. The van der Waals surface area contributed by atoms with E-state index in [1.165, 1.54) is 23.9 Å². The Morgan fingerprint density at radius 3 is 2.79 bits per heavy atom. The van der Waals surface area contributed by atoms with Gasteiger partial charge in [-0.15, -0.1) is 0 Å². The summed E-state index contributed by atoms with van der Waals surface area (Å²) in [4.78, 5) is 23.4. The first kappa shape index (κ1) is 14.3. The number of carboxylic acids is 1. The van der Waals surface area contributed by atoms with E-state index < -0.39 is 23.2 Å². The van der Waals surface area contributed by atoms with Crippen molar-refractivity contribution >= 4 is 39.6 Å². The molecular weight excluding hydrogens is 337 g/mol. The summed E-state index contributed by atoms with van der Waals surface area (Å²) in [6.07, 6.45) is 0.367. The van der Waals surface area contributed by atoms with E-state index in [9.17, 15) is 19.1 Å². The Hall–Kier alpha value is -1.08. The molecule has 4 nitrogen and oxygen atoms in total. The summed E-state index contributed by atoms with van der Waals surface area (Å²) in [7, 11) is 0. The van der Waals surface area contributed by atoms with Crippen LogP contribution in [0.2, 0.25) is 0 Å². The monoisotopic (exact) mass is 347 g/mol. The molecule has 1 amide bonds. The van der Waals surface area contributed by atoms with Crippen LogP contribution in [0.5, 0.6) is 0 Å². The smallest absolute Gasteiger partial charge is 0.330 e. The van der Waals surface area contributed by atoms with Crippen LogP contribution < -0.4 is 5.32 Å². The molecule has 0 bridgehead atoms. The molecule has 7 heteroatoms. The van der Waals surface area contributed by atoms with Crippen LogP contribution in [0.3, 0.4) is 0 Å². The molecule has 102 valence electrons. The van der Waals surface area contributed by atoms with Gasteiger partial charge in [-0.3, -0.25) is 4.79 Å². The summed E-state index contributed by atoms with van der Waals surface area (Å²) in [6, 6.07) is 3.72. The molecule has 1 aromatic carbocycles. The molecule has 1 aliphatic heterocycles. The van der Waals surface area contributed by atoms with Crippen LogP contribution in [0.4, 0.5) is 4.39 Å². The van der Waals surface area contributed by atoms with Gasteiger partial charge in [-0.25, -0.2) is 9.18 Å². The van der Waals surface area contributed by atoms with E-state index in [2.05, 4.69) is 21.2 Å². The molecule has 1 aromatic rings. The first-order valence-electron chi connectivity index (χ1n) is 5.53. The SMILES string of the molecule is O=C(N[C@]1(C(=O)O)CCSC1)c1cc(F)ccc1Br. The minimum absolute atomic E-state index is 0.0949. The molecule has 0 unspecified atom stereocenters. The number of benzene rings is 1. The third-order valence-corrected chi connectivity index (χ3v) is 4.84. The maximum absolute atomic E-state index is 13.2. The zero-order valence-electron chi connectivity index (χ0n) is 9.78. The normalized spacial score (nSPS) is 22.2. The van der Waals surface area contributed by atoms with Gasteiger partial charge < -0.3 is 10.4 Å². The van der Waals surface area contributed by atoms with Crippen molar-refractivity contribution in [1.82, 2.24) is 5.32 Å². The number of rotatable bonds is 3. The Balaban J connectivity index is 2.25. The van der Waals surface area contributed by atoms with Gasteiger partial charge in [0.1, 0.15) is 11.4 Å². The fourth-order valence-corrected chi connectivity index (χ4v) is 3.59. The Kier molecular flexibility index (Phi) is 4.15. The summed E-state index contributed by atoms with van der Waals surface area (Å²) in [5, 5.41) is 11.8. The van der Waals surface area contributed by atoms with Crippen molar-refractivity contribution in [2.24, 2.45) is 0 Å². The van der Waals surface area contributed by atoms with Crippen molar-refractivity contribution in [2.45, 2.75) is 12.0 Å². The van der Waals surface area contributed by atoms with E-state index >= 15 is 0 Å². The van der Waals surface area contributed by atoms with E-state index in [1.54, 1.807) is 0 Å². The lowest BCUT2D eigenvalue weighted by Crippen LogP contribution is -2.54. The van der Waals surface area contributed by atoms with E-state index in [0.29, 0.717) is 22.4 Å². The average molecular weight is 348 g/mol. The third-order valence-electron chi connectivity index (χ3n) is 2.96. The van der Waals surface area contributed by atoms with Crippen molar-refractivity contribution in [1.29, 1.82) is 0 Å². The maximum Gasteiger partial charge on any atom is 0.330 e. The van der Waals surface area contributed by atoms with Crippen LogP contribution in [0.1, 0.15) is 16.8 Å². The second-order valence-electron chi connectivity index (χ2n) is 4.27. The van der Waals surface area contributed by atoms with Crippen LogP contribution in [0, 0.1) is 5.82 Å². The minimum Gasteiger partial charge on any atom is -0.479 e. The number of carboxylic acid groups (broad SMARTS) is 1. The molecular formula is C12H11BrFNO3S. The molecule has 2 N–H and O–H groups in total. The van der Waals surface area contributed by atoms with Crippen molar-refractivity contribution in [3.8, 4) is 0 Å². The van der Waals surface area contributed by atoms with Gasteiger partial charge in [0.15, 0.2) is 0 Å². The highest BCUT2D eigenvalue weighted by Gasteiger charge is 2.43. The quantitative estimate of drug-likeness (QED) is 0.880. The lowest BCUT2D eigenvalue weighted by Gasteiger charge is -2.24. The summed E-state index contributed by atoms with van der Waals surface area (Å²) < 4.78 is 13.6. The lowest BCUT2D eigenvalue weighted by atomic mass is 9.98. The van der Waals surface area contributed by atoms with Crippen molar-refractivity contribution < 1.29 is 19.1 Å². The molecule has 1 atom stereocenters. The van der Waals surface area contributed by atoms with Gasteiger partial charge >= 0.3 is 5.97 Å². The summed E-state index contributed by atoms with van der Waals surface area (Å²) in [5.41, 5.74) is -1.16. The van der Waals surface area contributed by atoms with Gasteiger partial charge in [0.05, 0.1) is 5.56 Å². The summed E-state index contributed by atoms with van der Waals surface area (Å²) in [5.74, 6) is -1.19. The molecule has 19 heavy (non-hydrogen) atoms. The first-order valence-corrected chi connectivity index (χ1v) is 7.48. The largest absolute Gasteiger partial charge is 0.479 e. The number of hydrogen-bond donors (Lipinski definition) is 2. The number of nitrogens with one attached hydrogen (secondary N) is 1. The number of thioether (sulfide) groups is 1. The first-order chi connectivity index (χ1) is 8.94. The fraction of sp³-hybridized carbons (Fsp3) is 0.333. The molecule has 0 radical (unpaired) electrons. The maximum atomic E-state index is 13.2. The number of amides is 1. The molecule has 1 aliphatic rings. The predicted molar refractivity (Wildman–Crippen MR) is 73.9 cm³/mol. The number of carbonyl (C=O) groups is 2. The average Bonchev–Trinajstić information content (AvgIpc) is 2.82.